The molecule has 1 aliphatic heterocycles. The molecular weight excluding hydrogens is 381 g/mol. The molecule has 1 atom stereocenters. The molecule has 0 radical (unpaired) electrons. The fourth-order valence-corrected chi connectivity index (χ4v) is 3.63. The molecule has 1 aromatic heterocycles. The zero-order valence-electron chi connectivity index (χ0n) is 15.3. The number of benzene rings is 1. The average molecular weight is 402 g/mol. The van der Waals surface area contributed by atoms with Crippen molar-refractivity contribution in [2.45, 2.75) is 31.7 Å². The van der Waals surface area contributed by atoms with E-state index in [2.05, 4.69) is 10.00 Å². The Morgan fingerprint density at radius 3 is 2.59 bits per heavy atom. The molecule has 1 saturated heterocycles. The van der Waals surface area contributed by atoms with E-state index in [1.165, 1.54) is 11.7 Å². The minimum Gasteiger partial charge on any atom is -0.497 e. The second-order valence-corrected chi connectivity index (χ2v) is 6.75. The molecule has 27 heavy (non-hydrogen) atoms. The first-order valence-corrected chi connectivity index (χ1v) is 8.84. The van der Waals surface area contributed by atoms with Gasteiger partial charge in [-0.1, -0.05) is 0 Å². The molecular formula is C17H21F3N4O2S. The summed E-state index contributed by atoms with van der Waals surface area (Å²) in [5, 5.41) is 3.70. The molecule has 3 rings (SSSR count). The Morgan fingerprint density at radius 2 is 2.00 bits per heavy atom. The van der Waals surface area contributed by atoms with Crippen LogP contribution in [-0.4, -0.2) is 40.0 Å². The third kappa shape index (κ3) is 3.81. The van der Waals surface area contributed by atoms with Gasteiger partial charge in [0.2, 0.25) is 5.82 Å². The van der Waals surface area contributed by atoms with Gasteiger partial charge in [-0.25, -0.2) is 4.68 Å². The van der Waals surface area contributed by atoms with Crippen molar-refractivity contribution in [2.75, 3.05) is 20.8 Å². The van der Waals surface area contributed by atoms with Gasteiger partial charge in [-0.05, 0) is 43.3 Å². The van der Waals surface area contributed by atoms with Gasteiger partial charge in [-0.15, -0.1) is 5.10 Å². The van der Waals surface area contributed by atoms with Crippen LogP contribution in [0.1, 0.15) is 30.3 Å². The van der Waals surface area contributed by atoms with Gasteiger partial charge in [0, 0.05) is 25.2 Å². The van der Waals surface area contributed by atoms with Crippen molar-refractivity contribution in [1.82, 2.24) is 19.2 Å². The summed E-state index contributed by atoms with van der Waals surface area (Å²) in [7, 11) is 4.46. The second kappa shape index (κ2) is 7.51. The molecule has 1 aliphatic rings. The molecule has 2 heterocycles. The molecule has 0 spiro atoms. The summed E-state index contributed by atoms with van der Waals surface area (Å²) in [6.45, 7) is 0.901. The maximum absolute atomic E-state index is 13.1. The standard InChI is InChI=1S/C17H21F3N4O2S/c1-22-15(17(18,19)20)21-24(16(22)27)10-23-8-4-5-13(23)12-9-11(25-2)6-7-14(12)26-3/h6-7,9,13H,4-5,8,10H2,1-3H3/t13-/m1/s1. The van der Waals surface area contributed by atoms with Crippen LogP contribution >= 0.6 is 12.2 Å². The summed E-state index contributed by atoms with van der Waals surface area (Å²) in [6, 6.07) is 5.53. The Labute approximate surface area is 160 Å². The predicted molar refractivity (Wildman–Crippen MR) is 95.3 cm³/mol. The van der Waals surface area contributed by atoms with E-state index in [9.17, 15) is 13.2 Å². The average Bonchev–Trinajstić information content (AvgIpc) is 3.20. The lowest BCUT2D eigenvalue weighted by atomic mass is 10.0. The highest BCUT2D eigenvalue weighted by Crippen LogP contribution is 2.39. The van der Waals surface area contributed by atoms with Gasteiger partial charge in [0.05, 0.1) is 20.9 Å². The molecule has 0 N–H and O–H groups in total. The molecule has 0 unspecified atom stereocenters. The highest BCUT2D eigenvalue weighted by Gasteiger charge is 2.38. The molecule has 1 aromatic carbocycles. The van der Waals surface area contributed by atoms with E-state index in [0.29, 0.717) is 11.5 Å². The molecule has 0 saturated carbocycles. The Balaban J connectivity index is 1.92. The first-order chi connectivity index (χ1) is 12.8. The lowest BCUT2D eigenvalue weighted by Gasteiger charge is -2.26. The van der Waals surface area contributed by atoms with Crippen LogP contribution < -0.4 is 9.47 Å². The van der Waals surface area contributed by atoms with Gasteiger partial charge in [-0.3, -0.25) is 9.47 Å². The van der Waals surface area contributed by atoms with Crippen LogP contribution in [0, 0.1) is 4.77 Å². The van der Waals surface area contributed by atoms with Gasteiger partial charge in [-0.2, -0.15) is 13.2 Å². The van der Waals surface area contributed by atoms with E-state index in [4.69, 9.17) is 21.7 Å². The summed E-state index contributed by atoms with van der Waals surface area (Å²) in [4.78, 5) is 2.06. The quantitative estimate of drug-likeness (QED) is 0.713. The molecule has 0 amide bonds. The summed E-state index contributed by atoms with van der Waals surface area (Å²) in [5.74, 6) is 0.418. The van der Waals surface area contributed by atoms with Gasteiger partial charge in [0.25, 0.3) is 0 Å². The number of hydrogen-bond donors (Lipinski definition) is 0. The third-order valence-corrected chi connectivity index (χ3v) is 5.25. The third-order valence-electron chi connectivity index (χ3n) is 4.77. The number of nitrogens with zero attached hydrogens (tertiary/aromatic N) is 4. The van der Waals surface area contributed by atoms with E-state index < -0.39 is 12.0 Å². The fraction of sp³-hybridized carbons (Fsp3) is 0.529. The lowest BCUT2D eigenvalue weighted by Crippen LogP contribution is -2.27. The molecule has 2 aromatic rings. The molecule has 1 fully saturated rings. The number of ether oxygens (including phenoxy) is 2. The van der Waals surface area contributed by atoms with Gasteiger partial charge >= 0.3 is 6.18 Å². The van der Waals surface area contributed by atoms with Crippen molar-refractivity contribution in [3.63, 3.8) is 0 Å². The lowest BCUT2D eigenvalue weighted by molar-refractivity contribution is -0.147. The van der Waals surface area contributed by atoms with Crippen molar-refractivity contribution in [3.8, 4) is 11.5 Å². The molecule has 6 nitrogen and oxygen atoms in total. The number of rotatable bonds is 5. The molecule has 148 valence electrons. The monoisotopic (exact) mass is 402 g/mol. The molecule has 10 heteroatoms. The number of alkyl halides is 3. The van der Waals surface area contributed by atoms with Crippen molar-refractivity contribution >= 4 is 12.2 Å². The van der Waals surface area contributed by atoms with Crippen LogP contribution in [0.4, 0.5) is 13.2 Å². The van der Waals surface area contributed by atoms with Crippen molar-refractivity contribution in [3.05, 3.63) is 34.4 Å². The summed E-state index contributed by atoms with van der Waals surface area (Å²) < 4.78 is 52.2. The maximum Gasteiger partial charge on any atom is 0.451 e. The Hall–Kier alpha value is -2.07. The first-order valence-electron chi connectivity index (χ1n) is 8.43. The summed E-state index contributed by atoms with van der Waals surface area (Å²) in [5.41, 5.74) is 0.938. The van der Waals surface area contributed by atoms with E-state index >= 15 is 0 Å². The highest BCUT2D eigenvalue weighted by molar-refractivity contribution is 7.71. The minimum absolute atomic E-state index is 0.0201. The SMILES string of the molecule is COc1ccc(OC)c([C@H]2CCCN2Cn2nc(C(F)(F)F)n(C)c2=S)c1. The largest absolute Gasteiger partial charge is 0.497 e. The Kier molecular flexibility index (Phi) is 5.48. The van der Waals surface area contributed by atoms with Gasteiger partial charge < -0.3 is 9.47 Å². The number of methoxy groups -OCH3 is 2. The maximum atomic E-state index is 13.1. The van der Waals surface area contributed by atoms with Crippen LogP contribution in [0.15, 0.2) is 18.2 Å². The van der Waals surface area contributed by atoms with Crippen LogP contribution in [-0.2, 0) is 19.9 Å². The van der Waals surface area contributed by atoms with Gasteiger partial charge in [0.1, 0.15) is 11.5 Å². The first kappa shape index (κ1) is 19.7. The van der Waals surface area contributed by atoms with E-state index in [-0.39, 0.29) is 17.5 Å². The Morgan fingerprint density at radius 1 is 1.26 bits per heavy atom. The number of hydrogen-bond acceptors (Lipinski definition) is 5. The van der Waals surface area contributed by atoms with Crippen LogP contribution in [0.3, 0.4) is 0 Å². The zero-order chi connectivity index (χ0) is 19.8. The van der Waals surface area contributed by atoms with E-state index in [1.807, 2.05) is 18.2 Å². The van der Waals surface area contributed by atoms with Crippen LogP contribution in [0.5, 0.6) is 11.5 Å². The smallest absolute Gasteiger partial charge is 0.451 e. The highest BCUT2D eigenvalue weighted by atomic mass is 32.1. The number of aromatic nitrogens is 3. The fourth-order valence-electron chi connectivity index (χ4n) is 3.45. The van der Waals surface area contributed by atoms with E-state index in [1.54, 1.807) is 14.2 Å². The second-order valence-electron chi connectivity index (χ2n) is 6.38. The van der Waals surface area contributed by atoms with Gasteiger partial charge in [0.15, 0.2) is 4.77 Å². The normalized spacial score (nSPS) is 18.1. The number of likely N-dealkylation sites (tertiary alicyclic amines) is 1. The molecule has 0 bridgehead atoms. The van der Waals surface area contributed by atoms with Crippen molar-refractivity contribution in [2.24, 2.45) is 7.05 Å². The summed E-state index contributed by atoms with van der Waals surface area (Å²) in [6.07, 6.45) is -2.78. The minimum atomic E-state index is -4.55. The molecule has 0 aliphatic carbocycles. The summed E-state index contributed by atoms with van der Waals surface area (Å²) >= 11 is 5.15. The van der Waals surface area contributed by atoms with E-state index in [0.717, 1.165) is 29.5 Å². The van der Waals surface area contributed by atoms with Crippen LogP contribution in [0.2, 0.25) is 0 Å². The zero-order valence-corrected chi connectivity index (χ0v) is 16.1. The topological polar surface area (TPSA) is 44.5 Å². The van der Waals surface area contributed by atoms with Crippen molar-refractivity contribution < 1.29 is 22.6 Å². The number of halogens is 3. The van der Waals surface area contributed by atoms with Crippen molar-refractivity contribution in [1.29, 1.82) is 0 Å². The van der Waals surface area contributed by atoms with Crippen LogP contribution in [0.25, 0.3) is 0 Å². The Bertz CT molecular complexity index is 878. The predicted octanol–water partition coefficient (Wildman–Crippen LogP) is 3.78.